The zero-order chi connectivity index (χ0) is 14.3. The van der Waals surface area contributed by atoms with Crippen molar-refractivity contribution in [3.63, 3.8) is 0 Å². The number of thiophene rings is 1. The van der Waals surface area contributed by atoms with Crippen molar-refractivity contribution in [1.29, 1.82) is 0 Å². The zero-order valence-electron chi connectivity index (χ0n) is 10.9. The molecule has 0 aliphatic heterocycles. The number of rotatable bonds is 3. The highest BCUT2D eigenvalue weighted by Crippen LogP contribution is 2.37. The molecule has 1 atom stereocenters. The van der Waals surface area contributed by atoms with E-state index >= 15 is 0 Å². The molecular weight excluding hydrogens is 276 g/mol. The molecule has 7 heteroatoms. The minimum Gasteiger partial charge on any atom is -0.480 e. The number of hydrogen-bond donors (Lipinski definition) is 1. The molecule has 1 N–H and O–H groups in total. The van der Waals surface area contributed by atoms with Gasteiger partial charge in [0.2, 0.25) is 0 Å². The van der Waals surface area contributed by atoms with Gasteiger partial charge in [0.1, 0.15) is 0 Å². The van der Waals surface area contributed by atoms with Gasteiger partial charge in [0, 0.05) is 4.70 Å². The fraction of sp³-hybridized carbons (Fsp3) is 0.231. The summed E-state index contributed by atoms with van der Waals surface area (Å²) < 4.78 is 2.48. The number of carbonyl (C=O) groups is 1. The summed E-state index contributed by atoms with van der Waals surface area (Å²) in [7, 11) is 0. The van der Waals surface area contributed by atoms with Crippen molar-refractivity contribution < 1.29 is 9.90 Å². The lowest BCUT2D eigenvalue weighted by Gasteiger charge is -2.07. The van der Waals surface area contributed by atoms with Gasteiger partial charge in [0.15, 0.2) is 11.9 Å². The van der Waals surface area contributed by atoms with Crippen LogP contribution in [0.3, 0.4) is 0 Å². The van der Waals surface area contributed by atoms with E-state index < -0.39 is 12.0 Å². The minimum absolute atomic E-state index is 0.499. The van der Waals surface area contributed by atoms with Crippen molar-refractivity contribution in [2.45, 2.75) is 19.9 Å². The normalized spacial score (nSPS) is 12.7. The van der Waals surface area contributed by atoms with E-state index in [-0.39, 0.29) is 0 Å². The Morgan fingerprint density at radius 2 is 2.15 bits per heavy atom. The van der Waals surface area contributed by atoms with Crippen molar-refractivity contribution in [2.24, 2.45) is 0 Å². The maximum atomic E-state index is 11.1. The molecule has 0 radical (unpaired) electrons. The van der Waals surface area contributed by atoms with Gasteiger partial charge in [-0.25, -0.2) is 9.48 Å². The first-order valence-electron chi connectivity index (χ1n) is 6.08. The minimum atomic E-state index is -0.961. The van der Waals surface area contributed by atoms with Crippen LogP contribution < -0.4 is 0 Å². The van der Waals surface area contributed by atoms with Gasteiger partial charge >= 0.3 is 5.97 Å². The quantitative estimate of drug-likeness (QED) is 0.801. The Morgan fingerprint density at radius 1 is 1.40 bits per heavy atom. The lowest BCUT2D eigenvalue weighted by atomic mass is 10.1. The molecule has 0 bridgehead atoms. The fourth-order valence-corrected chi connectivity index (χ4v) is 3.28. The Kier molecular flexibility index (Phi) is 2.98. The van der Waals surface area contributed by atoms with Gasteiger partial charge in [-0.3, -0.25) is 0 Å². The van der Waals surface area contributed by atoms with Crippen LogP contribution in [0.2, 0.25) is 0 Å². The van der Waals surface area contributed by atoms with Gasteiger partial charge in [-0.15, -0.1) is 16.4 Å². The summed E-state index contributed by atoms with van der Waals surface area (Å²) in [6.45, 7) is 3.56. The van der Waals surface area contributed by atoms with Gasteiger partial charge < -0.3 is 5.11 Å². The van der Waals surface area contributed by atoms with Crippen LogP contribution in [0, 0.1) is 6.92 Å². The standard InChI is InChI=1S/C13H12N4O2S/c1-7-9-5-3-4-6-10(9)20-11(7)12-14-15-16-17(12)8(2)13(18)19/h3-6,8H,1-2H3,(H,18,19). The molecule has 0 fully saturated rings. The average Bonchev–Trinajstić information content (AvgIpc) is 3.03. The third-order valence-corrected chi connectivity index (χ3v) is 4.53. The van der Waals surface area contributed by atoms with Gasteiger partial charge in [-0.1, -0.05) is 18.2 Å². The number of fused-ring (bicyclic) bond motifs is 1. The number of tetrazole rings is 1. The summed E-state index contributed by atoms with van der Waals surface area (Å²) in [4.78, 5) is 12.0. The molecule has 0 aliphatic rings. The highest BCUT2D eigenvalue weighted by molar-refractivity contribution is 7.22. The number of carboxylic acid groups (broad SMARTS) is 1. The summed E-state index contributed by atoms with van der Waals surface area (Å²) in [6, 6.07) is 7.23. The first-order valence-corrected chi connectivity index (χ1v) is 6.90. The second kappa shape index (κ2) is 4.68. The number of benzene rings is 1. The third-order valence-electron chi connectivity index (χ3n) is 3.26. The first-order chi connectivity index (χ1) is 9.59. The number of aryl methyl sites for hydroxylation is 1. The molecule has 0 amide bonds. The van der Waals surface area contributed by atoms with Crippen molar-refractivity contribution in [3.05, 3.63) is 29.8 Å². The Hall–Kier alpha value is -2.28. The van der Waals surface area contributed by atoms with E-state index in [1.54, 1.807) is 18.3 Å². The predicted molar refractivity (Wildman–Crippen MR) is 75.7 cm³/mol. The largest absolute Gasteiger partial charge is 0.480 e. The molecule has 0 spiro atoms. The molecule has 0 saturated carbocycles. The first kappa shape index (κ1) is 12.7. The van der Waals surface area contributed by atoms with Crippen LogP contribution in [0.5, 0.6) is 0 Å². The fourth-order valence-electron chi connectivity index (χ4n) is 2.10. The number of nitrogens with zero attached hydrogens (tertiary/aromatic N) is 4. The number of aromatic nitrogens is 4. The second-order valence-corrected chi connectivity index (χ2v) is 5.57. The maximum absolute atomic E-state index is 11.1. The van der Waals surface area contributed by atoms with Crippen molar-refractivity contribution in [3.8, 4) is 10.7 Å². The van der Waals surface area contributed by atoms with Gasteiger partial charge in [-0.05, 0) is 41.3 Å². The van der Waals surface area contributed by atoms with Crippen LogP contribution in [-0.2, 0) is 4.79 Å². The topological polar surface area (TPSA) is 80.9 Å². The molecule has 102 valence electrons. The van der Waals surface area contributed by atoms with Crippen LogP contribution in [0.25, 0.3) is 20.8 Å². The highest BCUT2D eigenvalue weighted by Gasteiger charge is 2.23. The van der Waals surface area contributed by atoms with Gasteiger partial charge in [0.05, 0.1) is 4.88 Å². The Bertz CT molecular complexity index is 793. The molecule has 6 nitrogen and oxygen atoms in total. The van der Waals surface area contributed by atoms with Crippen LogP contribution >= 0.6 is 11.3 Å². The van der Waals surface area contributed by atoms with Crippen LogP contribution in [-0.4, -0.2) is 31.3 Å². The molecule has 20 heavy (non-hydrogen) atoms. The zero-order valence-corrected chi connectivity index (χ0v) is 11.8. The molecule has 2 heterocycles. The lowest BCUT2D eigenvalue weighted by molar-refractivity contribution is -0.140. The molecule has 2 aromatic heterocycles. The Labute approximate surface area is 118 Å². The molecule has 1 unspecified atom stereocenters. The monoisotopic (exact) mass is 288 g/mol. The Morgan fingerprint density at radius 3 is 2.85 bits per heavy atom. The van der Waals surface area contributed by atoms with Gasteiger partial charge in [-0.2, -0.15) is 0 Å². The maximum Gasteiger partial charge on any atom is 0.328 e. The summed E-state index contributed by atoms with van der Waals surface area (Å²) >= 11 is 1.57. The van der Waals surface area contributed by atoms with E-state index in [1.807, 2.05) is 31.2 Å². The molecule has 3 rings (SSSR count). The van der Waals surface area contributed by atoms with E-state index in [1.165, 1.54) is 4.68 Å². The van der Waals surface area contributed by atoms with E-state index in [2.05, 4.69) is 15.5 Å². The van der Waals surface area contributed by atoms with E-state index in [0.29, 0.717) is 5.82 Å². The number of hydrogen-bond acceptors (Lipinski definition) is 5. The van der Waals surface area contributed by atoms with E-state index in [9.17, 15) is 4.79 Å². The average molecular weight is 288 g/mol. The van der Waals surface area contributed by atoms with Crippen LogP contribution in [0.4, 0.5) is 0 Å². The summed E-state index contributed by atoms with van der Waals surface area (Å²) in [5.41, 5.74) is 1.07. The smallest absolute Gasteiger partial charge is 0.328 e. The number of carboxylic acids is 1. The predicted octanol–water partition coefficient (Wildman–Crippen LogP) is 2.51. The highest BCUT2D eigenvalue weighted by atomic mass is 32.1. The molecule has 1 aromatic carbocycles. The SMILES string of the molecule is Cc1c(-c2nnnn2C(C)C(=O)O)sc2ccccc12. The summed E-state index contributed by atoms with van der Waals surface area (Å²) in [5.74, 6) is -0.462. The van der Waals surface area contributed by atoms with Crippen LogP contribution in [0.1, 0.15) is 18.5 Å². The van der Waals surface area contributed by atoms with Crippen LogP contribution in [0.15, 0.2) is 24.3 Å². The van der Waals surface area contributed by atoms with Crippen molar-refractivity contribution in [2.75, 3.05) is 0 Å². The van der Waals surface area contributed by atoms with Crippen molar-refractivity contribution in [1.82, 2.24) is 20.2 Å². The third kappa shape index (κ3) is 1.87. The van der Waals surface area contributed by atoms with Crippen molar-refractivity contribution >= 4 is 27.4 Å². The van der Waals surface area contributed by atoms with E-state index in [0.717, 1.165) is 20.5 Å². The number of aliphatic carboxylic acids is 1. The molecule has 3 aromatic rings. The van der Waals surface area contributed by atoms with Gasteiger partial charge in [0.25, 0.3) is 0 Å². The second-order valence-electron chi connectivity index (χ2n) is 4.51. The Balaban J connectivity index is 2.19. The summed E-state index contributed by atoms with van der Waals surface area (Å²) in [5, 5.41) is 21.7. The molecular formula is C13H12N4O2S. The summed E-state index contributed by atoms with van der Waals surface area (Å²) in [6.07, 6.45) is 0. The lowest BCUT2D eigenvalue weighted by Crippen LogP contribution is -2.17. The molecule has 0 saturated heterocycles. The molecule has 0 aliphatic carbocycles. The van der Waals surface area contributed by atoms with E-state index in [4.69, 9.17) is 5.11 Å².